The Morgan fingerprint density at radius 3 is 2.79 bits per heavy atom. The summed E-state index contributed by atoms with van der Waals surface area (Å²) in [5, 5.41) is 9.68. The quantitative estimate of drug-likeness (QED) is 0.704. The van der Waals surface area contributed by atoms with Crippen molar-refractivity contribution in [3.8, 4) is 0 Å². The molecule has 1 aliphatic heterocycles. The van der Waals surface area contributed by atoms with E-state index < -0.39 is 0 Å². The number of nitrogens with zero attached hydrogens (tertiary/aromatic N) is 1. The molecule has 2 heterocycles. The summed E-state index contributed by atoms with van der Waals surface area (Å²) in [6.45, 7) is 5.79. The molecule has 1 amide bonds. The second-order valence-electron chi connectivity index (χ2n) is 3.81. The molecule has 1 atom stereocenters. The van der Waals surface area contributed by atoms with E-state index in [-0.39, 0.29) is 12.1 Å². The van der Waals surface area contributed by atoms with Gasteiger partial charge in [0.25, 0.3) is 5.91 Å². The van der Waals surface area contributed by atoms with Crippen molar-refractivity contribution in [1.29, 1.82) is 0 Å². The first-order chi connectivity index (χ1) is 6.59. The van der Waals surface area contributed by atoms with E-state index in [4.69, 9.17) is 4.52 Å². The van der Waals surface area contributed by atoms with Gasteiger partial charge in [-0.1, -0.05) is 19.0 Å². The second kappa shape index (κ2) is 3.01. The molecule has 1 aromatic rings. The summed E-state index contributed by atoms with van der Waals surface area (Å²) in [5.41, 5.74) is 1.13. The Labute approximate surface area is 81.8 Å². The summed E-state index contributed by atoms with van der Waals surface area (Å²) < 4.78 is 5.02. The molecular weight excluding hydrogens is 182 g/mol. The van der Waals surface area contributed by atoms with Crippen LogP contribution in [0.15, 0.2) is 4.52 Å². The normalized spacial score (nSPS) is 20.3. The summed E-state index contributed by atoms with van der Waals surface area (Å²) in [4.78, 5) is 11.6. The molecule has 5 nitrogen and oxygen atoms in total. The third-order valence-corrected chi connectivity index (χ3v) is 2.33. The summed E-state index contributed by atoms with van der Waals surface area (Å²) in [6, 6.07) is 0. The summed E-state index contributed by atoms with van der Waals surface area (Å²) >= 11 is 0. The minimum atomic E-state index is -0.115. The van der Waals surface area contributed by atoms with Crippen LogP contribution in [0.4, 0.5) is 5.88 Å². The number of rotatable bonds is 1. The fourth-order valence-electron chi connectivity index (χ4n) is 1.46. The van der Waals surface area contributed by atoms with Gasteiger partial charge >= 0.3 is 0 Å². The predicted octanol–water partition coefficient (Wildman–Crippen LogP) is 1.12. The van der Waals surface area contributed by atoms with Crippen LogP contribution in [0, 0.1) is 12.8 Å². The van der Waals surface area contributed by atoms with E-state index >= 15 is 0 Å². The number of hydrogen-bond acceptors (Lipinski definition) is 4. The molecule has 0 aromatic carbocycles. The number of aromatic nitrogens is 1. The van der Waals surface area contributed by atoms with E-state index in [0.29, 0.717) is 23.1 Å². The van der Waals surface area contributed by atoms with Gasteiger partial charge in [0.15, 0.2) is 0 Å². The highest BCUT2D eigenvalue weighted by Gasteiger charge is 2.30. The summed E-state index contributed by atoms with van der Waals surface area (Å²) in [7, 11) is 0. The molecule has 76 valence electrons. The lowest BCUT2D eigenvalue weighted by Crippen LogP contribution is -2.47. The van der Waals surface area contributed by atoms with E-state index in [1.165, 1.54) is 0 Å². The first-order valence-corrected chi connectivity index (χ1v) is 4.63. The molecule has 1 aliphatic rings. The van der Waals surface area contributed by atoms with Crippen molar-refractivity contribution in [3.05, 3.63) is 11.3 Å². The molecule has 0 saturated heterocycles. The topological polar surface area (TPSA) is 67.2 Å². The minimum absolute atomic E-state index is 0.0812. The zero-order valence-electron chi connectivity index (χ0n) is 8.42. The van der Waals surface area contributed by atoms with Crippen molar-refractivity contribution in [2.24, 2.45) is 5.92 Å². The van der Waals surface area contributed by atoms with Crippen LogP contribution in [0.3, 0.4) is 0 Å². The lowest BCUT2D eigenvalue weighted by Gasteiger charge is -2.27. The number of carbonyl (C=O) groups is 1. The van der Waals surface area contributed by atoms with Crippen molar-refractivity contribution in [2.45, 2.75) is 26.9 Å². The van der Waals surface area contributed by atoms with Crippen LogP contribution in [0.1, 0.15) is 29.9 Å². The Morgan fingerprint density at radius 1 is 1.43 bits per heavy atom. The van der Waals surface area contributed by atoms with Crippen LogP contribution in [0.5, 0.6) is 0 Å². The molecule has 0 spiro atoms. The number of aryl methyl sites for hydroxylation is 1. The maximum Gasteiger partial charge on any atom is 0.260 e. The molecule has 1 aromatic heterocycles. The molecule has 5 heteroatoms. The van der Waals surface area contributed by atoms with Crippen molar-refractivity contribution >= 4 is 11.8 Å². The minimum Gasteiger partial charge on any atom is -0.338 e. The van der Waals surface area contributed by atoms with Gasteiger partial charge in [-0.15, -0.1) is 0 Å². The fourth-order valence-corrected chi connectivity index (χ4v) is 1.46. The maximum atomic E-state index is 11.6. The van der Waals surface area contributed by atoms with E-state index in [1.807, 2.05) is 13.8 Å². The molecule has 0 fully saturated rings. The molecule has 0 bridgehead atoms. The van der Waals surface area contributed by atoms with Crippen LogP contribution in [0.25, 0.3) is 0 Å². The Morgan fingerprint density at radius 2 is 2.14 bits per heavy atom. The first kappa shape index (κ1) is 9.05. The average molecular weight is 195 g/mol. The van der Waals surface area contributed by atoms with Gasteiger partial charge in [-0.25, -0.2) is 0 Å². The largest absolute Gasteiger partial charge is 0.338 e. The molecule has 2 rings (SSSR count). The molecule has 0 saturated carbocycles. The molecule has 14 heavy (non-hydrogen) atoms. The van der Waals surface area contributed by atoms with Gasteiger partial charge in [0, 0.05) is 0 Å². The Hall–Kier alpha value is -1.52. The monoisotopic (exact) mass is 195 g/mol. The van der Waals surface area contributed by atoms with Gasteiger partial charge in [-0.3, -0.25) is 4.79 Å². The summed E-state index contributed by atoms with van der Waals surface area (Å²) in [6.07, 6.45) is -0.0812. The Kier molecular flexibility index (Phi) is 1.94. The van der Waals surface area contributed by atoms with Crippen molar-refractivity contribution in [3.63, 3.8) is 0 Å². The van der Waals surface area contributed by atoms with Crippen LogP contribution in [0.2, 0.25) is 0 Å². The van der Waals surface area contributed by atoms with Gasteiger partial charge in [-0.05, 0) is 12.8 Å². The third kappa shape index (κ3) is 1.25. The lowest BCUT2D eigenvalue weighted by molar-refractivity contribution is 0.0923. The third-order valence-electron chi connectivity index (χ3n) is 2.33. The molecule has 1 unspecified atom stereocenters. The summed E-state index contributed by atoms with van der Waals surface area (Å²) in [5.74, 6) is 0.665. The van der Waals surface area contributed by atoms with Crippen LogP contribution in [-0.4, -0.2) is 17.2 Å². The van der Waals surface area contributed by atoms with E-state index in [9.17, 15) is 4.79 Å². The standard InChI is InChI=1S/C9H13N3O2/c1-4(2)7-10-8(13)6-5(3)12-14-9(6)11-7/h4,7,11H,1-3H3,(H,10,13). The van der Waals surface area contributed by atoms with Gasteiger partial charge in [0.1, 0.15) is 11.7 Å². The molecule has 0 aliphatic carbocycles. The van der Waals surface area contributed by atoms with Crippen LogP contribution < -0.4 is 10.6 Å². The fraction of sp³-hybridized carbons (Fsp3) is 0.556. The molecule has 0 radical (unpaired) electrons. The van der Waals surface area contributed by atoms with Crippen molar-refractivity contribution < 1.29 is 9.32 Å². The van der Waals surface area contributed by atoms with Crippen LogP contribution in [-0.2, 0) is 0 Å². The number of nitrogens with one attached hydrogen (secondary N) is 2. The highest BCUT2D eigenvalue weighted by Crippen LogP contribution is 2.24. The van der Waals surface area contributed by atoms with Gasteiger partial charge in [0.2, 0.25) is 5.88 Å². The zero-order chi connectivity index (χ0) is 10.3. The highest BCUT2D eigenvalue weighted by atomic mass is 16.5. The highest BCUT2D eigenvalue weighted by molar-refractivity contribution is 6.01. The molecular formula is C9H13N3O2. The van der Waals surface area contributed by atoms with Gasteiger partial charge < -0.3 is 15.2 Å². The van der Waals surface area contributed by atoms with Crippen molar-refractivity contribution in [2.75, 3.05) is 5.32 Å². The molecule has 2 N–H and O–H groups in total. The van der Waals surface area contributed by atoms with Crippen molar-refractivity contribution in [1.82, 2.24) is 10.5 Å². The number of carbonyl (C=O) groups excluding carboxylic acids is 1. The zero-order valence-corrected chi connectivity index (χ0v) is 8.42. The lowest BCUT2D eigenvalue weighted by atomic mass is 10.1. The number of fused-ring (bicyclic) bond motifs is 1. The SMILES string of the molecule is Cc1noc2c1C(=O)NC(C(C)C)N2. The maximum absolute atomic E-state index is 11.6. The average Bonchev–Trinajstić information content (AvgIpc) is 2.48. The number of amides is 1. The number of anilines is 1. The predicted molar refractivity (Wildman–Crippen MR) is 51.0 cm³/mol. The Balaban J connectivity index is 2.35. The van der Waals surface area contributed by atoms with Crippen LogP contribution >= 0.6 is 0 Å². The smallest absolute Gasteiger partial charge is 0.260 e. The number of hydrogen-bond donors (Lipinski definition) is 2. The Bertz CT molecular complexity index is 370. The van der Waals surface area contributed by atoms with Gasteiger partial charge in [0.05, 0.1) is 5.69 Å². The van der Waals surface area contributed by atoms with E-state index in [0.717, 1.165) is 0 Å². The van der Waals surface area contributed by atoms with E-state index in [2.05, 4.69) is 15.8 Å². The first-order valence-electron chi connectivity index (χ1n) is 4.63. The van der Waals surface area contributed by atoms with Gasteiger partial charge in [-0.2, -0.15) is 0 Å². The second-order valence-corrected chi connectivity index (χ2v) is 3.81. The van der Waals surface area contributed by atoms with E-state index in [1.54, 1.807) is 6.92 Å².